The van der Waals surface area contributed by atoms with Gasteiger partial charge in [0.1, 0.15) is 5.82 Å². The normalized spacial score (nSPS) is 18.0. The molecule has 0 aliphatic carbocycles. The van der Waals surface area contributed by atoms with Gasteiger partial charge in [0.2, 0.25) is 5.95 Å². The second-order valence-electron chi connectivity index (χ2n) is 6.52. The van der Waals surface area contributed by atoms with Gasteiger partial charge < -0.3 is 10.2 Å². The smallest absolute Gasteiger partial charge is 0.227 e. The first kappa shape index (κ1) is 15.8. The van der Waals surface area contributed by atoms with Crippen LogP contribution < -0.4 is 10.2 Å². The van der Waals surface area contributed by atoms with E-state index in [2.05, 4.69) is 53.3 Å². The van der Waals surface area contributed by atoms with Gasteiger partial charge in [-0.15, -0.1) is 0 Å². The number of hydrogen-bond donors (Lipinski definition) is 1. The van der Waals surface area contributed by atoms with E-state index in [4.69, 9.17) is 4.98 Å². The molecule has 4 nitrogen and oxygen atoms in total. The summed E-state index contributed by atoms with van der Waals surface area (Å²) in [4.78, 5) is 11.7. The van der Waals surface area contributed by atoms with Crippen molar-refractivity contribution in [2.24, 2.45) is 5.92 Å². The summed E-state index contributed by atoms with van der Waals surface area (Å²) in [5, 5.41) is 3.48. The highest BCUT2D eigenvalue weighted by atomic mass is 15.3. The van der Waals surface area contributed by atoms with Crippen LogP contribution in [0.5, 0.6) is 0 Å². The topological polar surface area (TPSA) is 41.1 Å². The van der Waals surface area contributed by atoms with Crippen molar-refractivity contribution < 1.29 is 0 Å². The Labute approximate surface area is 139 Å². The summed E-state index contributed by atoms with van der Waals surface area (Å²) in [6.45, 7) is 8.62. The van der Waals surface area contributed by atoms with Crippen LogP contribution in [0, 0.1) is 12.8 Å². The number of piperidine rings is 1. The molecule has 1 aliphatic heterocycles. The zero-order valence-electron chi connectivity index (χ0n) is 14.3. The highest BCUT2D eigenvalue weighted by Gasteiger charge is 2.19. The standard InChI is InChI=1S/C19H26N4/c1-4-16-9-5-6-10-17(16)21-18-12-15(3)20-19(22-18)23-11-7-8-14(2)13-23/h5-6,9-10,12,14H,4,7-8,11,13H2,1-3H3,(H,20,21,22). The zero-order valence-corrected chi connectivity index (χ0v) is 14.3. The highest BCUT2D eigenvalue weighted by molar-refractivity contribution is 5.61. The molecule has 23 heavy (non-hydrogen) atoms. The Hall–Kier alpha value is -2.10. The number of aromatic nitrogens is 2. The minimum Gasteiger partial charge on any atom is -0.340 e. The quantitative estimate of drug-likeness (QED) is 0.912. The largest absolute Gasteiger partial charge is 0.340 e. The van der Waals surface area contributed by atoms with Gasteiger partial charge in [-0.1, -0.05) is 32.0 Å². The van der Waals surface area contributed by atoms with Gasteiger partial charge in [0.25, 0.3) is 0 Å². The van der Waals surface area contributed by atoms with E-state index >= 15 is 0 Å². The third-order valence-corrected chi connectivity index (χ3v) is 4.44. The number of aryl methyl sites for hydroxylation is 2. The number of nitrogens with zero attached hydrogens (tertiary/aromatic N) is 3. The molecule has 2 aromatic rings. The van der Waals surface area contributed by atoms with Gasteiger partial charge in [-0.25, -0.2) is 4.98 Å². The summed E-state index contributed by atoms with van der Waals surface area (Å²) in [7, 11) is 0. The van der Waals surface area contributed by atoms with Crippen molar-refractivity contribution >= 4 is 17.5 Å². The molecule has 1 N–H and O–H groups in total. The number of nitrogens with one attached hydrogen (secondary N) is 1. The van der Waals surface area contributed by atoms with E-state index in [0.717, 1.165) is 42.7 Å². The summed E-state index contributed by atoms with van der Waals surface area (Å²) >= 11 is 0. The van der Waals surface area contributed by atoms with Crippen molar-refractivity contribution in [2.75, 3.05) is 23.3 Å². The lowest BCUT2D eigenvalue weighted by Crippen LogP contribution is -2.35. The number of rotatable bonds is 4. The van der Waals surface area contributed by atoms with Gasteiger partial charge in [0.15, 0.2) is 0 Å². The van der Waals surface area contributed by atoms with E-state index in [-0.39, 0.29) is 0 Å². The van der Waals surface area contributed by atoms with E-state index in [9.17, 15) is 0 Å². The van der Waals surface area contributed by atoms with Crippen molar-refractivity contribution in [3.63, 3.8) is 0 Å². The van der Waals surface area contributed by atoms with Crippen LogP contribution in [0.25, 0.3) is 0 Å². The lowest BCUT2D eigenvalue weighted by atomic mass is 10.0. The molecule has 0 amide bonds. The molecule has 3 rings (SSSR count). The fourth-order valence-electron chi connectivity index (χ4n) is 3.22. The molecule has 4 heteroatoms. The average Bonchev–Trinajstić information content (AvgIpc) is 2.55. The number of hydrogen-bond acceptors (Lipinski definition) is 4. The van der Waals surface area contributed by atoms with Crippen molar-refractivity contribution in [3.8, 4) is 0 Å². The van der Waals surface area contributed by atoms with Crippen molar-refractivity contribution in [1.29, 1.82) is 0 Å². The van der Waals surface area contributed by atoms with E-state index in [1.165, 1.54) is 18.4 Å². The predicted molar refractivity (Wildman–Crippen MR) is 96.5 cm³/mol. The van der Waals surface area contributed by atoms with E-state index in [1.54, 1.807) is 0 Å². The van der Waals surface area contributed by atoms with Gasteiger partial charge in [-0.3, -0.25) is 0 Å². The Morgan fingerprint density at radius 2 is 2.09 bits per heavy atom. The lowest BCUT2D eigenvalue weighted by Gasteiger charge is -2.31. The van der Waals surface area contributed by atoms with Crippen LogP contribution in [0.2, 0.25) is 0 Å². The predicted octanol–water partition coefficient (Wildman–Crippen LogP) is 4.33. The van der Waals surface area contributed by atoms with Crippen molar-refractivity contribution in [2.45, 2.75) is 40.0 Å². The lowest BCUT2D eigenvalue weighted by molar-refractivity contribution is 0.442. The zero-order chi connectivity index (χ0) is 16.2. The number of benzene rings is 1. The van der Waals surface area contributed by atoms with Crippen LogP contribution in [-0.2, 0) is 6.42 Å². The number of anilines is 3. The van der Waals surface area contributed by atoms with Crippen molar-refractivity contribution in [3.05, 3.63) is 41.6 Å². The minimum absolute atomic E-state index is 0.713. The van der Waals surface area contributed by atoms with Crippen LogP contribution in [0.4, 0.5) is 17.5 Å². The van der Waals surface area contributed by atoms with E-state index in [1.807, 2.05) is 13.0 Å². The summed E-state index contributed by atoms with van der Waals surface area (Å²) in [6, 6.07) is 10.4. The Morgan fingerprint density at radius 1 is 1.26 bits per heavy atom. The molecule has 1 fully saturated rings. The Kier molecular flexibility index (Phi) is 4.79. The van der Waals surface area contributed by atoms with Gasteiger partial charge in [0.05, 0.1) is 0 Å². The fourth-order valence-corrected chi connectivity index (χ4v) is 3.22. The molecule has 0 radical (unpaired) electrons. The maximum absolute atomic E-state index is 4.77. The van der Waals surface area contributed by atoms with E-state index in [0.29, 0.717) is 5.92 Å². The molecule has 1 saturated heterocycles. The summed E-state index contributed by atoms with van der Waals surface area (Å²) < 4.78 is 0. The molecule has 122 valence electrons. The fraction of sp³-hybridized carbons (Fsp3) is 0.474. The second-order valence-corrected chi connectivity index (χ2v) is 6.52. The average molecular weight is 310 g/mol. The molecule has 0 saturated carbocycles. The van der Waals surface area contributed by atoms with E-state index < -0.39 is 0 Å². The van der Waals surface area contributed by atoms with Gasteiger partial charge in [-0.05, 0) is 43.7 Å². The highest BCUT2D eigenvalue weighted by Crippen LogP contribution is 2.24. The van der Waals surface area contributed by atoms with Gasteiger partial charge in [-0.2, -0.15) is 4.98 Å². The Balaban J connectivity index is 1.85. The van der Waals surface area contributed by atoms with Crippen LogP contribution in [0.3, 0.4) is 0 Å². The molecule has 0 spiro atoms. The third-order valence-electron chi connectivity index (χ3n) is 4.44. The molecular formula is C19H26N4. The Morgan fingerprint density at radius 3 is 2.87 bits per heavy atom. The van der Waals surface area contributed by atoms with Crippen LogP contribution >= 0.6 is 0 Å². The first-order valence-electron chi connectivity index (χ1n) is 8.61. The third kappa shape index (κ3) is 3.81. The molecule has 1 atom stereocenters. The maximum atomic E-state index is 4.77. The monoisotopic (exact) mass is 310 g/mol. The molecule has 1 aromatic heterocycles. The molecule has 1 unspecified atom stereocenters. The number of para-hydroxylation sites is 1. The molecular weight excluding hydrogens is 284 g/mol. The van der Waals surface area contributed by atoms with Crippen LogP contribution in [0.1, 0.15) is 37.9 Å². The first-order valence-corrected chi connectivity index (χ1v) is 8.61. The molecule has 1 aromatic carbocycles. The van der Waals surface area contributed by atoms with Crippen LogP contribution in [-0.4, -0.2) is 23.1 Å². The first-order chi connectivity index (χ1) is 11.2. The second kappa shape index (κ2) is 6.99. The summed E-state index contributed by atoms with van der Waals surface area (Å²) in [5.41, 5.74) is 3.44. The molecule has 2 heterocycles. The van der Waals surface area contributed by atoms with Crippen molar-refractivity contribution in [1.82, 2.24) is 9.97 Å². The maximum Gasteiger partial charge on any atom is 0.227 e. The van der Waals surface area contributed by atoms with Crippen LogP contribution in [0.15, 0.2) is 30.3 Å². The molecule has 0 bridgehead atoms. The van der Waals surface area contributed by atoms with Gasteiger partial charge >= 0.3 is 0 Å². The molecule has 1 aliphatic rings. The summed E-state index contributed by atoms with van der Waals surface area (Å²) in [5.74, 6) is 2.45. The van der Waals surface area contributed by atoms with Gasteiger partial charge in [0, 0.05) is 30.5 Å². The Bertz CT molecular complexity index is 668. The summed E-state index contributed by atoms with van der Waals surface area (Å²) in [6.07, 6.45) is 3.53. The SMILES string of the molecule is CCc1ccccc1Nc1cc(C)nc(N2CCCC(C)C2)n1. The minimum atomic E-state index is 0.713.